The molecular weight excluding hydrogens is 354 g/mol. The normalized spacial score (nSPS) is 23.1. The molecule has 2 N–H and O–H groups in total. The second-order valence-electron chi connectivity index (χ2n) is 7.62. The van der Waals surface area contributed by atoms with Gasteiger partial charge in [-0.15, -0.1) is 0 Å². The highest BCUT2D eigenvalue weighted by Crippen LogP contribution is 2.36. The van der Waals surface area contributed by atoms with Crippen molar-refractivity contribution in [1.82, 2.24) is 25.5 Å². The lowest BCUT2D eigenvalue weighted by Gasteiger charge is -2.38. The zero-order chi connectivity index (χ0) is 19.6. The number of piperidine rings is 1. The van der Waals surface area contributed by atoms with Crippen molar-refractivity contribution in [2.45, 2.75) is 38.3 Å². The van der Waals surface area contributed by atoms with Crippen molar-refractivity contribution in [1.29, 1.82) is 0 Å². The van der Waals surface area contributed by atoms with Gasteiger partial charge in [-0.05, 0) is 49.9 Å². The van der Waals surface area contributed by atoms with Crippen molar-refractivity contribution >= 4 is 11.9 Å². The number of imide groups is 1. The standard InChI is InChI=1S/C21H25N5O2/c1-15-4-2-3-5-16(15)12-21(17-6-8-22-9-7-17)19(27)26(20(28)25-21)14-18-13-23-10-11-24-18/h2-5,10-11,13,17,22H,6-9,12,14H2,1H3,(H,25,28). The average molecular weight is 379 g/mol. The monoisotopic (exact) mass is 379 g/mol. The van der Waals surface area contributed by atoms with E-state index in [1.807, 2.05) is 31.2 Å². The molecule has 146 valence electrons. The van der Waals surface area contributed by atoms with Crippen LogP contribution in [0.3, 0.4) is 0 Å². The second-order valence-corrected chi connectivity index (χ2v) is 7.62. The number of hydrogen-bond donors (Lipinski definition) is 2. The number of aryl methyl sites for hydroxylation is 1. The molecular formula is C21H25N5O2. The fourth-order valence-electron chi connectivity index (χ4n) is 4.33. The molecule has 0 saturated carbocycles. The van der Waals surface area contributed by atoms with Crippen LogP contribution in [0.1, 0.15) is 29.7 Å². The van der Waals surface area contributed by atoms with Crippen molar-refractivity contribution in [2.24, 2.45) is 5.92 Å². The van der Waals surface area contributed by atoms with E-state index < -0.39 is 5.54 Å². The first-order valence-electron chi connectivity index (χ1n) is 9.74. The number of benzene rings is 1. The van der Waals surface area contributed by atoms with Crippen molar-refractivity contribution in [3.63, 3.8) is 0 Å². The third-order valence-corrected chi connectivity index (χ3v) is 5.91. The van der Waals surface area contributed by atoms with E-state index in [0.29, 0.717) is 12.1 Å². The lowest BCUT2D eigenvalue weighted by molar-refractivity contribution is -0.134. The molecule has 2 saturated heterocycles. The molecule has 4 rings (SSSR count). The van der Waals surface area contributed by atoms with Gasteiger partial charge in [-0.25, -0.2) is 4.79 Å². The van der Waals surface area contributed by atoms with Gasteiger partial charge < -0.3 is 10.6 Å². The van der Waals surface area contributed by atoms with Gasteiger partial charge >= 0.3 is 6.03 Å². The van der Waals surface area contributed by atoms with Gasteiger partial charge in [0.2, 0.25) is 0 Å². The maximum absolute atomic E-state index is 13.6. The Morgan fingerprint density at radius 1 is 1.18 bits per heavy atom. The molecule has 2 aromatic rings. The average Bonchev–Trinajstić information content (AvgIpc) is 2.96. The molecule has 0 radical (unpaired) electrons. The number of nitrogens with zero attached hydrogens (tertiary/aromatic N) is 3. The van der Waals surface area contributed by atoms with Gasteiger partial charge in [0.05, 0.1) is 18.4 Å². The van der Waals surface area contributed by atoms with Crippen LogP contribution < -0.4 is 10.6 Å². The van der Waals surface area contributed by atoms with E-state index >= 15 is 0 Å². The Bertz CT molecular complexity index is 866. The first kappa shape index (κ1) is 18.6. The summed E-state index contributed by atoms with van der Waals surface area (Å²) >= 11 is 0. The summed E-state index contributed by atoms with van der Waals surface area (Å²) in [4.78, 5) is 36.0. The van der Waals surface area contributed by atoms with E-state index in [1.165, 1.54) is 4.90 Å². The number of nitrogens with one attached hydrogen (secondary N) is 2. The Morgan fingerprint density at radius 2 is 1.96 bits per heavy atom. The second kappa shape index (κ2) is 7.67. The highest BCUT2D eigenvalue weighted by atomic mass is 16.2. The Hall–Kier alpha value is -2.80. The summed E-state index contributed by atoms with van der Waals surface area (Å²) in [6.07, 6.45) is 6.96. The Labute approximate surface area is 164 Å². The Kier molecular flexibility index (Phi) is 5.09. The largest absolute Gasteiger partial charge is 0.325 e. The van der Waals surface area contributed by atoms with Crippen molar-refractivity contribution in [2.75, 3.05) is 13.1 Å². The third-order valence-electron chi connectivity index (χ3n) is 5.91. The molecule has 1 unspecified atom stereocenters. The van der Waals surface area contributed by atoms with Crippen molar-refractivity contribution < 1.29 is 9.59 Å². The fourth-order valence-corrected chi connectivity index (χ4v) is 4.33. The molecule has 1 aromatic heterocycles. The molecule has 7 heteroatoms. The minimum absolute atomic E-state index is 0.0941. The number of hydrogen-bond acceptors (Lipinski definition) is 5. The molecule has 0 aliphatic carbocycles. The summed E-state index contributed by atoms with van der Waals surface area (Å²) < 4.78 is 0. The number of urea groups is 1. The summed E-state index contributed by atoms with van der Waals surface area (Å²) in [5.41, 5.74) is 1.91. The zero-order valence-electron chi connectivity index (χ0n) is 16.0. The third kappa shape index (κ3) is 3.38. The minimum Gasteiger partial charge on any atom is -0.322 e. The van der Waals surface area contributed by atoms with E-state index in [4.69, 9.17) is 0 Å². The van der Waals surface area contributed by atoms with Crippen molar-refractivity contribution in [3.05, 3.63) is 59.7 Å². The molecule has 3 amide bonds. The minimum atomic E-state index is -0.909. The summed E-state index contributed by atoms with van der Waals surface area (Å²) in [7, 11) is 0. The maximum Gasteiger partial charge on any atom is 0.325 e. The first-order chi connectivity index (χ1) is 13.6. The van der Waals surface area contributed by atoms with E-state index in [0.717, 1.165) is 37.1 Å². The highest BCUT2D eigenvalue weighted by molar-refractivity contribution is 6.07. The van der Waals surface area contributed by atoms with Gasteiger partial charge in [-0.2, -0.15) is 0 Å². The molecule has 3 heterocycles. The predicted octanol–water partition coefficient (Wildman–Crippen LogP) is 1.82. The van der Waals surface area contributed by atoms with Gasteiger partial charge in [0.25, 0.3) is 5.91 Å². The smallest absolute Gasteiger partial charge is 0.322 e. The summed E-state index contributed by atoms with van der Waals surface area (Å²) in [5.74, 6) is -0.0602. The van der Waals surface area contributed by atoms with Gasteiger partial charge in [-0.3, -0.25) is 19.7 Å². The zero-order valence-corrected chi connectivity index (χ0v) is 16.0. The van der Waals surface area contributed by atoms with E-state index in [1.54, 1.807) is 18.6 Å². The van der Waals surface area contributed by atoms with Crippen LogP contribution in [0.25, 0.3) is 0 Å². The van der Waals surface area contributed by atoms with E-state index in [-0.39, 0.29) is 24.4 Å². The van der Waals surface area contributed by atoms with Crippen LogP contribution in [0.4, 0.5) is 4.79 Å². The summed E-state index contributed by atoms with van der Waals surface area (Å²) in [6.45, 7) is 3.89. The molecule has 7 nitrogen and oxygen atoms in total. The van der Waals surface area contributed by atoms with E-state index in [2.05, 4.69) is 20.6 Å². The predicted molar refractivity (Wildman–Crippen MR) is 104 cm³/mol. The Morgan fingerprint density at radius 3 is 2.68 bits per heavy atom. The quantitative estimate of drug-likeness (QED) is 0.774. The lowest BCUT2D eigenvalue weighted by Crippen LogP contribution is -2.57. The van der Waals surface area contributed by atoms with Crippen LogP contribution in [0.2, 0.25) is 0 Å². The molecule has 2 aliphatic heterocycles. The molecule has 2 fully saturated rings. The first-order valence-corrected chi connectivity index (χ1v) is 9.74. The molecule has 1 atom stereocenters. The lowest BCUT2D eigenvalue weighted by atomic mass is 9.73. The van der Waals surface area contributed by atoms with Crippen LogP contribution in [0.15, 0.2) is 42.9 Å². The number of aromatic nitrogens is 2. The molecule has 0 spiro atoms. The summed E-state index contributed by atoms with van der Waals surface area (Å²) in [6, 6.07) is 7.72. The Balaban J connectivity index is 1.68. The van der Waals surface area contributed by atoms with Crippen LogP contribution in [0.5, 0.6) is 0 Å². The number of carbonyl (C=O) groups excluding carboxylic acids is 2. The maximum atomic E-state index is 13.6. The van der Waals surface area contributed by atoms with Crippen molar-refractivity contribution in [3.8, 4) is 0 Å². The molecule has 28 heavy (non-hydrogen) atoms. The van der Waals surface area contributed by atoms with Gasteiger partial charge in [-0.1, -0.05) is 24.3 Å². The highest BCUT2D eigenvalue weighted by Gasteiger charge is 2.55. The summed E-state index contributed by atoms with van der Waals surface area (Å²) in [5, 5.41) is 6.45. The number of carbonyl (C=O) groups is 2. The molecule has 0 bridgehead atoms. The SMILES string of the molecule is Cc1ccccc1CC1(C2CCNCC2)NC(=O)N(Cc2cnccn2)C1=O. The van der Waals surface area contributed by atoms with Crippen LogP contribution in [-0.4, -0.2) is 45.4 Å². The topological polar surface area (TPSA) is 87.2 Å². The number of amides is 3. The van der Waals surface area contributed by atoms with E-state index in [9.17, 15) is 9.59 Å². The molecule has 1 aromatic carbocycles. The van der Waals surface area contributed by atoms with Gasteiger partial charge in [0.1, 0.15) is 5.54 Å². The number of rotatable bonds is 5. The van der Waals surface area contributed by atoms with Gasteiger partial charge in [0, 0.05) is 18.8 Å². The fraction of sp³-hybridized carbons (Fsp3) is 0.429. The van der Waals surface area contributed by atoms with Crippen LogP contribution in [-0.2, 0) is 17.8 Å². The van der Waals surface area contributed by atoms with Crippen LogP contribution >= 0.6 is 0 Å². The van der Waals surface area contributed by atoms with Gasteiger partial charge in [0.15, 0.2) is 0 Å². The molecule has 2 aliphatic rings. The van der Waals surface area contributed by atoms with Crippen LogP contribution in [0, 0.1) is 12.8 Å².